The van der Waals surface area contributed by atoms with Crippen molar-refractivity contribution in [3.05, 3.63) is 23.3 Å². The first-order valence-corrected chi connectivity index (χ1v) is 3.77. The van der Waals surface area contributed by atoms with E-state index in [0.29, 0.717) is 0 Å². The molecule has 0 saturated heterocycles. The molecule has 0 aromatic carbocycles. The molecule has 0 spiro atoms. The Kier molecular flexibility index (Phi) is 6.37. The Labute approximate surface area is 80.1 Å². The van der Waals surface area contributed by atoms with Gasteiger partial charge in [-0.1, -0.05) is 29.8 Å². The van der Waals surface area contributed by atoms with Crippen LogP contribution < -0.4 is 0 Å². The van der Waals surface area contributed by atoms with E-state index in [2.05, 4.69) is 18.2 Å². The molecular weight excluding hydrogens is 234 g/mol. The summed E-state index contributed by atoms with van der Waals surface area (Å²) in [6.07, 6.45) is 10.9. The molecule has 1 radical (unpaired) electrons. The average molecular weight is 246 g/mol. The van der Waals surface area contributed by atoms with Gasteiger partial charge in [0.2, 0.25) is 0 Å². The third-order valence-electron chi connectivity index (χ3n) is 1.42. The fourth-order valence-electron chi connectivity index (χ4n) is 0.895. The Balaban J connectivity index is 0.000000810. The van der Waals surface area contributed by atoms with Gasteiger partial charge in [0.05, 0.1) is 0 Å². The van der Waals surface area contributed by atoms with Crippen LogP contribution in [0.25, 0.3) is 0 Å². The number of allylic oxidation sites excluding steroid dienone is 4. The van der Waals surface area contributed by atoms with Crippen molar-refractivity contribution in [1.29, 1.82) is 0 Å². The van der Waals surface area contributed by atoms with Crippen LogP contribution in [0, 0.1) is 0 Å². The first-order valence-electron chi connectivity index (χ1n) is 3.39. The maximum atomic E-state index is 5.82. The summed E-state index contributed by atoms with van der Waals surface area (Å²) in [6.45, 7) is 0. The van der Waals surface area contributed by atoms with Gasteiger partial charge in [-0.25, -0.2) is 0 Å². The minimum absolute atomic E-state index is 0. The molecule has 1 aliphatic carbocycles. The van der Waals surface area contributed by atoms with E-state index in [-0.39, 0.29) is 19.5 Å². The van der Waals surface area contributed by atoms with E-state index in [1.165, 1.54) is 0 Å². The SMILES string of the molecule is Cl/C1=C/CC/C=C\CC1.[Rh]. The van der Waals surface area contributed by atoms with Crippen molar-refractivity contribution in [2.45, 2.75) is 25.7 Å². The summed E-state index contributed by atoms with van der Waals surface area (Å²) < 4.78 is 0. The molecule has 1 rings (SSSR count). The van der Waals surface area contributed by atoms with Gasteiger partial charge in [0.15, 0.2) is 0 Å². The molecular formula is C8H11ClRh. The van der Waals surface area contributed by atoms with Gasteiger partial charge in [0.25, 0.3) is 0 Å². The summed E-state index contributed by atoms with van der Waals surface area (Å²) in [5, 5.41) is 1.03. The number of hydrogen-bond acceptors (Lipinski definition) is 0. The van der Waals surface area contributed by atoms with Crippen molar-refractivity contribution >= 4 is 11.6 Å². The molecule has 0 unspecified atom stereocenters. The maximum absolute atomic E-state index is 5.82. The molecule has 2 heteroatoms. The Morgan fingerprint density at radius 1 is 1.10 bits per heavy atom. The molecule has 0 heterocycles. The molecule has 0 nitrogen and oxygen atoms in total. The molecule has 0 bridgehead atoms. The van der Waals surface area contributed by atoms with Gasteiger partial charge >= 0.3 is 0 Å². The molecule has 0 aliphatic heterocycles. The predicted molar refractivity (Wildman–Crippen MR) is 41.5 cm³/mol. The summed E-state index contributed by atoms with van der Waals surface area (Å²) in [5.41, 5.74) is 0. The fraction of sp³-hybridized carbons (Fsp3) is 0.500. The van der Waals surface area contributed by atoms with Crippen LogP contribution in [-0.2, 0) is 19.5 Å². The second-order valence-corrected chi connectivity index (χ2v) is 2.72. The predicted octanol–water partition coefficient (Wildman–Crippen LogP) is 3.24. The Hall–Kier alpha value is 0.393. The summed E-state index contributed by atoms with van der Waals surface area (Å²) in [6, 6.07) is 0. The fourth-order valence-corrected chi connectivity index (χ4v) is 1.11. The monoisotopic (exact) mass is 245 g/mol. The minimum Gasteiger partial charge on any atom is -0.0895 e. The van der Waals surface area contributed by atoms with E-state index in [1.807, 2.05) is 0 Å². The summed E-state index contributed by atoms with van der Waals surface area (Å²) >= 11 is 5.82. The standard InChI is InChI=1S/C8H11Cl.Rh/c9-8-6-4-2-1-3-5-7-8;/h1-2,7H,3-6H2;/b2-1-,8-7+;. The summed E-state index contributed by atoms with van der Waals surface area (Å²) in [5.74, 6) is 0. The summed E-state index contributed by atoms with van der Waals surface area (Å²) in [4.78, 5) is 0. The molecule has 0 amide bonds. The minimum atomic E-state index is 0. The number of hydrogen-bond donors (Lipinski definition) is 0. The van der Waals surface area contributed by atoms with Crippen molar-refractivity contribution in [2.75, 3.05) is 0 Å². The third kappa shape index (κ3) is 4.25. The van der Waals surface area contributed by atoms with Crippen molar-refractivity contribution in [2.24, 2.45) is 0 Å². The van der Waals surface area contributed by atoms with E-state index >= 15 is 0 Å². The first-order chi connectivity index (χ1) is 4.39. The molecule has 0 fully saturated rings. The largest absolute Gasteiger partial charge is 0.0895 e. The van der Waals surface area contributed by atoms with Crippen LogP contribution in [0.4, 0.5) is 0 Å². The quantitative estimate of drug-likeness (QED) is 0.454. The maximum Gasteiger partial charge on any atom is 0.0144 e. The van der Waals surface area contributed by atoms with Crippen LogP contribution in [-0.4, -0.2) is 0 Å². The second-order valence-electron chi connectivity index (χ2n) is 2.24. The van der Waals surface area contributed by atoms with Crippen LogP contribution in [0.2, 0.25) is 0 Å². The van der Waals surface area contributed by atoms with E-state index < -0.39 is 0 Å². The molecule has 0 aromatic rings. The van der Waals surface area contributed by atoms with Crippen molar-refractivity contribution < 1.29 is 19.5 Å². The van der Waals surface area contributed by atoms with E-state index in [0.717, 1.165) is 30.7 Å². The Morgan fingerprint density at radius 3 is 2.60 bits per heavy atom. The van der Waals surface area contributed by atoms with Gasteiger partial charge in [-0.15, -0.1) is 0 Å². The molecule has 0 N–H and O–H groups in total. The molecule has 0 atom stereocenters. The van der Waals surface area contributed by atoms with Gasteiger partial charge in [0.1, 0.15) is 0 Å². The zero-order valence-corrected chi connectivity index (χ0v) is 8.17. The molecule has 10 heavy (non-hydrogen) atoms. The normalized spacial score (nSPS) is 26.7. The van der Waals surface area contributed by atoms with Crippen LogP contribution >= 0.6 is 11.6 Å². The zero-order valence-electron chi connectivity index (χ0n) is 5.77. The second kappa shape index (κ2) is 6.13. The smallest absolute Gasteiger partial charge is 0.0144 e. The molecule has 0 saturated carbocycles. The average Bonchev–Trinajstić information content (AvgIpc) is 1.79. The van der Waals surface area contributed by atoms with Gasteiger partial charge < -0.3 is 0 Å². The van der Waals surface area contributed by atoms with Crippen LogP contribution in [0.1, 0.15) is 25.7 Å². The van der Waals surface area contributed by atoms with Crippen LogP contribution in [0.15, 0.2) is 23.3 Å². The van der Waals surface area contributed by atoms with Crippen LogP contribution in [0.3, 0.4) is 0 Å². The number of halogens is 1. The van der Waals surface area contributed by atoms with Crippen molar-refractivity contribution in [1.82, 2.24) is 0 Å². The Bertz CT molecular complexity index is 138. The van der Waals surface area contributed by atoms with Gasteiger partial charge in [-0.3, -0.25) is 0 Å². The van der Waals surface area contributed by atoms with Crippen molar-refractivity contribution in [3.8, 4) is 0 Å². The van der Waals surface area contributed by atoms with Gasteiger partial charge in [-0.05, 0) is 25.7 Å². The van der Waals surface area contributed by atoms with Gasteiger partial charge in [-0.2, -0.15) is 0 Å². The van der Waals surface area contributed by atoms with E-state index in [1.54, 1.807) is 0 Å². The van der Waals surface area contributed by atoms with E-state index in [9.17, 15) is 0 Å². The molecule has 59 valence electrons. The van der Waals surface area contributed by atoms with Crippen molar-refractivity contribution in [3.63, 3.8) is 0 Å². The number of rotatable bonds is 0. The topological polar surface area (TPSA) is 0 Å². The first kappa shape index (κ1) is 10.4. The van der Waals surface area contributed by atoms with Crippen LogP contribution in [0.5, 0.6) is 0 Å². The van der Waals surface area contributed by atoms with E-state index in [4.69, 9.17) is 11.6 Å². The molecule has 0 aromatic heterocycles. The third-order valence-corrected chi connectivity index (χ3v) is 1.76. The Morgan fingerprint density at radius 2 is 1.80 bits per heavy atom. The van der Waals surface area contributed by atoms with Gasteiger partial charge in [0, 0.05) is 24.5 Å². The molecule has 1 aliphatic rings. The zero-order chi connectivity index (χ0) is 6.53. The summed E-state index contributed by atoms with van der Waals surface area (Å²) in [7, 11) is 0.